The lowest BCUT2D eigenvalue weighted by Gasteiger charge is -2.16. The van der Waals surface area contributed by atoms with E-state index in [1.54, 1.807) is 13.2 Å². The first kappa shape index (κ1) is 22.6. The Bertz CT molecular complexity index is 1270. The highest BCUT2D eigenvalue weighted by Gasteiger charge is 2.32. The largest absolute Gasteiger partial charge is 0.496 e. The molecule has 3 aromatic rings. The van der Waals surface area contributed by atoms with E-state index in [0.29, 0.717) is 17.4 Å². The van der Waals surface area contributed by atoms with Crippen molar-refractivity contribution in [1.82, 2.24) is 5.32 Å². The number of nitrogens with zero attached hydrogens (tertiary/aromatic N) is 1. The van der Waals surface area contributed by atoms with E-state index in [1.807, 2.05) is 75.4 Å². The van der Waals surface area contributed by atoms with Crippen molar-refractivity contribution in [3.8, 4) is 11.5 Å². The van der Waals surface area contributed by atoms with Gasteiger partial charge in [-0.15, -0.1) is 0 Å². The third-order valence-electron chi connectivity index (χ3n) is 5.58. The van der Waals surface area contributed by atoms with Crippen LogP contribution in [0.2, 0.25) is 0 Å². The summed E-state index contributed by atoms with van der Waals surface area (Å²) in [4.78, 5) is 14.7. The Morgan fingerprint density at radius 2 is 1.76 bits per heavy atom. The highest BCUT2D eigenvalue weighted by Crippen LogP contribution is 2.28. The molecule has 3 aromatic carbocycles. The predicted octanol–water partition coefficient (Wildman–Crippen LogP) is 5.46. The van der Waals surface area contributed by atoms with Crippen LogP contribution in [-0.2, 0) is 11.4 Å². The van der Waals surface area contributed by atoms with Crippen molar-refractivity contribution in [1.29, 1.82) is 0 Å². The number of thiocarbonyl (C=S) groups is 1. The van der Waals surface area contributed by atoms with Crippen LogP contribution in [0.15, 0.2) is 66.4 Å². The van der Waals surface area contributed by atoms with Crippen LogP contribution in [0.5, 0.6) is 11.5 Å². The van der Waals surface area contributed by atoms with Gasteiger partial charge in [-0.3, -0.25) is 9.69 Å². The van der Waals surface area contributed by atoms with Crippen LogP contribution in [0.25, 0.3) is 6.08 Å². The monoisotopic (exact) mass is 458 g/mol. The summed E-state index contributed by atoms with van der Waals surface area (Å²) in [5.41, 5.74) is 6.13. The predicted molar refractivity (Wildman–Crippen MR) is 136 cm³/mol. The molecule has 0 atom stereocenters. The van der Waals surface area contributed by atoms with Gasteiger partial charge in [-0.25, -0.2) is 0 Å². The van der Waals surface area contributed by atoms with Crippen LogP contribution in [-0.4, -0.2) is 18.1 Å². The maximum Gasteiger partial charge on any atom is 0.281 e. The fourth-order valence-electron chi connectivity index (χ4n) is 3.75. The number of methoxy groups -OCH3 is 1. The molecule has 0 spiro atoms. The summed E-state index contributed by atoms with van der Waals surface area (Å²) < 4.78 is 11.6. The normalized spacial score (nSPS) is 14.5. The molecule has 168 valence electrons. The lowest BCUT2D eigenvalue weighted by molar-refractivity contribution is -0.113. The van der Waals surface area contributed by atoms with Crippen molar-refractivity contribution in [2.24, 2.45) is 0 Å². The molecule has 1 N–H and O–H groups in total. The van der Waals surface area contributed by atoms with Gasteiger partial charge in [0.25, 0.3) is 5.91 Å². The molecule has 0 aromatic heterocycles. The molecule has 5 nitrogen and oxygen atoms in total. The van der Waals surface area contributed by atoms with Crippen LogP contribution in [0.3, 0.4) is 0 Å². The number of benzene rings is 3. The van der Waals surface area contributed by atoms with Gasteiger partial charge in [0.15, 0.2) is 5.11 Å². The first-order valence-electron chi connectivity index (χ1n) is 10.7. The average Bonchev–Trinajstić information content (AvgIpc) is 3.07. The molecule has 0 bridgehead atoms. The van der Waals surface area contributed by atoms with E-state index in [2.05, 4.69) is 11.4 Å². The highest BCUT2D eigenvalue weighted by atomic mass is 32.1. The third kappa shape index (κ3) is 4.76. The van der Waals surface area contributed by atoms with E-state index in [4.69, 9.17) is 21.7 Å². The molecule has 0 unspecified atom stereocenters. The summed E-state index contributed by atoms with van der Waals surface area (Å²) in [6.45, 7) is 6.36. The molecular formula is C27H26N2O3S. The van der Waals surface area contributed by atoms with Crippen LogP contribution < -0.4 is 19.7 Å². The number of anilines is 1. The van der Waals surface area contributed by atoms with Crippen LogP contribution >= 0.6 is 12.2 Å². The van der Waals surface area contributed by atoms with E-state index in [0.717, 1.165) is 45.0 Å². The summed E-state index contributed by atoms with van der Waals surface area (Å²) in [5.74, 6) is 1.39. The Kier molecular flexibility index (Phi) is 6.47. The van der Waals surface area contributed by atoms with Crippen LogP contribution in [0, 0.1) is 20.8 Å². The lowest BCUT2D eigenvalue weighted by Crippen LogP contribution is -2.30. The summed E-state index contributed by atoms with van der Waals surface area (Å²) in [7, 11) is 1.63. The molecule has 1 aliphatic rings. The Labute approximate surface area is 199 Å². The minimum Gasteiger partial charge on any atom is -0.496 e. The van der Waals surface area contributed by atoms with Gasteiger partial charge in [0.1, 0.15) is 23.8 Å². The summed E-state index contributed by atoms with van der Waals surface area (Å²) in [5, 5.41) is 3.42. The van der Waals surface area contributed by atoms with Crippen molar-refractivity contribution in [3.05, 3.63) is 94.2 Å². The van der Waals surface area contributed by atoms with Gasteiger partial charge in [0.2, 0.25) is 0 Å². The van der Waals surface area contributed by atoms with Gasteiger partial charge in [-0.1, -0.05) is 36.4 Å². The summed E-state index contributed by atoms with van der Waals surface area (Å²) in [6, 6.07) is 19.6. The average molecular weight is 459 g/mol. The Morgan fingerprint density at radius 3 is 2.52 bits per heavy atom. The van der Waals surface area contributed by atoms with Crippen molar-refractivity contribution >= 4 is 35.0 Å². The van der Waals surface area contributed by atoms with E-state index in [1.165, 1.54) is 4.90 Å². The van der Waals surface area contributed by atoms with E-state index in [-0.39, 0.29) is 5.91 Å². The number of ether oxygens (including phenoxy) is 2. The van der Waals surface area contributed by atoms with E-state index < -0.39 is 0 Å². The Hall–Kier alpha value is -3.64. The zero-order valence-electron chi connectivity index (χ0n) is 19.1. The molecular weight excluding hydrogens is 432 g/mol. The number of hydrogen-bond acceptors (Lipinski definition) is 4. The molecule has 0 radical (unpaired) electrons. The van der Waals surface area contributed by atoms with Gasteiger partial charge >= 0.3 is 0 Å². The van der Waals surface area contributed by atoms with Gasteiger partial charge in [-0.2, -0.15) is 0 Å². The molecule has 0 saturated carbocycles. The third-order valence-corrected chi connectivity index (χ3v) is 5.86. The zero-order valence-corrected chi connectivity index (χ0v) is 20.0. The second kappa shape index (κ2) is 9.46. The van der Waals surface area contributed by atoms with Crippen molar-refractivity contribution in [2.45, 2.75) is 27.4 Å². The number of amides is 1. The number of aryl methyl sites for hydroxylation is 3. The molecule has 0 aliphatic carbocycles. The Balaban J connectivity index is 1.59. The summed E-state index contributed by atoms with van der Waals surface area (Å²) >= 11 is 5.45. The molecule has 1 saturated heterocycles. The van der Waals surface area contributed by atoms with E-state index in [9.17, 15) is 4.79 Å². The topological polar surface area (TPSA) is 50.8 Å². The standard InChI is InChI=1S/C27H26N2O3S/c1-17-9-10-19(3)25(13-17)32-16-21-14-20(11-12-24(21)31-4)15-22-26(30)29(27(33)28-22)23-8-6-5-7-18(23)2/h5-15H,16H2,1-4H3,(H,28,33)/b22-15+. The molecule has 33 heavy (non-hydrogen) atoms. The number of carbonyl (C=O) groups is 1. The second-order valence-electron chi connectivity index (χ2n) is 8.04. The van der Waals surface area contributed by atoms with Gasteiger partial charge in [0, 0.05) is 5.56 Å². The van der Waals surface area contributed by atoms with Crippen LogP contribution in [0.1, 0.15) is 27.8 Å². The maximum absolute atomic E-state index is 13.1. The SMILES string of the molecule is COc1ccc(/C=C2/NC(=S)N(c3ccccc3C)C2=O)cc1COc1cc(C)ccc1C. The smallest absolute Gasteiger partial charge is 0.281 e. The second-order valence-corrected chi connectivity index (χ2v) is 8.43. The van der Waals surface area contributed by atoms with Gasteiger partial charge in [0.05, 0.1) is 12.8 Å². The molecule has 1 fully saturated rings. The zero-order chi connectivity index (χ0) is 23.5. The van der Waals surface area contributed by atoms with Crippen molar-refractivity contribution < 1.29 is 14.3 Å². The molecule has 1 heterocycles. The number of para-hydroxylation sites is 1. The van der Waals surface area contributed by atoms with Crippen molar-refractivity contribution in [2.75, 3.05) is 12.0 Å². The quantitative estimate of drug-likeness (QED) is 0.393. The number of nitrogens with one attached hydrogen (secondary N) is 1. The number of rotatable bonds is 6. The molecule has 6 heteroatoms. The minimum atomic E-state index is -0.182. The summed E-state index contributed by atoms with van der Waals surface area (Å²) in [6.07, 6.45) is 1.80. The maximum atomic E-state index is 13.1. The lowest BCUT2D eigenvalue weighted by atomic mass is 10.1. The first-order valence-corrected chi connectivity index (χ1v) is 11.1. The molecule has 1 aliphatic heterocycles. The van der Waals surface area contributed by atoms with Crippen molar-refractivity contribution in [3.63, 3.8) is 0 Å². The first-order chi connectivity index (χ1) is 15.9. The Morgan fingerprint density at radius 1 is 0.970 bits per heavy atom. The van der Waals surface area contributed by atoms with Gasteiger partial charge < -0.3 is 14.8 Å². The van der Waals surface area contributed by atoms with Crippen LogP contribution in [0.4, 0.5) is 5.69 Å². The minimum absolute atomic E-state index is 0.182. The van der Waals surface area contributed by atoms with E-state index >= 15 is 0 Å². The highest BCUT2D eigenvalue weighted by molar-refractivity contribution is 7.80. The fourth-order valence-corrected chi connectivity index (χ4v) is 4.05. The molecule has 4 rings (SSSR count). The number of hydrogen-bond donors (Lipinski definition) is 1. The fraction of sp³-hybridized carbons (Fsp3) is 0.185. The number of carbonyl (C=O) groups excluding carboxylic acids is 1. The molecule has 1 amide bonds. The van der Waals surface area contributed by atoms with Gasteiger partial charge in [-0.05, 0) is 85.6 Å².